The van der Waals surface area contributed by atoms with Crippen molar-refractivity contribution in [2.75, 3.05) is 6.61 Å². The molecule has 0 aliphatic carbocycles. The van der Waals surface area contributed by atoms with Gasteiger partial charge < -0.3 is 9.47 Å². The Morgan fingerprint density at radius 2 is 1.91 bits per heavy atom. The lowest BCUT2D eigenvalue weighted by atomic mass is 9.87. The van der Waals surface area contributed by atoms with Crippen LogP contribution in [0.1, 0.15) is 44.9 Å². The fourth-order valence-electron chi connectivity index (χ4n) is 2.02. The van der Waals surface area contributed by atoms with Crippen LogP contribution < -0.4 is 4.74 Å². The summed E-state index contributed by atoms with van der Waals surface area (Å²) in [5.41, 5.74) is 1.37. The first kappa shape index (κ1) is 17.0. The molecule has 1 aromatic carbocycles. The molecule has 6 heteroatoms. The molecule has 0 saturated carbocycles. The van der Waals surface area contributed by atoms with Gasteiger partial charge in [0.05, 0.1) is 6.61 Å². The highest BCUT2D eigenvalue weighted by Gasteiger charge is 2.13. The summed E-state index contributed by atoms with van der Waals surface area (Å²) in [6, 6.07) is 8.00. The summed E-state index contributed by atoms with van der Waals surface area (Å²) in [6.45, 7) is 8.89. The maximum absolute atomic E-state index is 11.4. The number of H-pyrrole nitrogens is 1. The molecule has 1 aromatic heterocycles. The number of aromatic nitrogens is 3. The average Bonchev–Trinajstić information content (AvgIpc) is 2.92. The van der Waals surface area contributed by atoms with Gasteiger partial charge in [-0.1, -0.05) is 32.9 Å². The molecule has 0 fully saturated rings. The number of carbonyl (C=O) groups is 1. The van der Waals surface area contributed by atoms with Crippen LogP contribution in [0.25, 0.3) is 0 Å². The van der Waals surface area contributed by atoms with E-state index in [1.54, 1.807) is 6.92 Å². The Kier molecular flexibility index (Phi) is 5.36. The second-order valence-corrected chi connectivity index (χ2v) is 6.24. The zero-order valence-electron chi connectivity index (χ0n) is 14.0. The third-order valence-electron chi connectivity index (χ3n) is 3.28. The maximum Gasteiger partial charge on any atom is 0.313 e. The van der Waals surface area contributed by atoms with Crippen LogP contribution in [0.2, 0.25) is 0 Å². The van der Waals surface area contributed by atoms with Crippen molar-refractivity contribution in [2.45, 2.75) is 46.1 Å². The maximum atomic E-state index is 11.4. The minimum Gasteiger partial charge on any atom is -0.486 e. The standard InChI is InChI=1S/C17H23N3O3/c1-5-22-16(21)10-14-18-15(20-19-14)11-23-13-8-6-12(7-9-13)17(2,3)4/h6-9H,5,10-11H2,1-4H3,(H,18,19,20). The fraction of sp³-hybridized carbons (Fsp3) is 0.471. The van der Waals surface area contributed by atoms with Crippen LogP contribution in [0.15, 0.2) is 24.3 Å². The van der Waals surface area contributed by atoms with Crippen LogP contribution in [0.5, 0.6) is 5.75 Å². The van der Waals surface area contributed by atoms with E-state index in [0.717, 1.165) is 5.75 Å². The minimum absolute atomic E-state index is 0.0601. The molecule has 23 heavy (non-hydrogen) atoms. The summed E-state index contributed by atoms with van der Waals surface area (Å²) < 4.78 is 10.5. The molecule has 0 spiro atoms. The lowest BCUT2D eigenvalue weighted by Gasteiger charge is -2.19. The van der Waals surface area contributed by atoms with Gasteiger partial charge in [0.25, 0.3) is 0 Å². The second kappa shape index (κ2) is 7.26. The van der Waals surface area contributed by atoms with E-state index < -0.39 is 0 Å². The van der Waals surface area contributed by atoms with E-state index in [0.29, 0.717) is 18.3 Å². The Hall–Kier alpha value is -2.37. The molecule has 0 atom stereocenters. The molecule has 1 N–H and O–H groups in total. The molecule has 0 aliphatic rings. The number of ether oxygens (including phenoxy) is 2. The number of aromatic amines is 1. The molecular weight excluding hydrogens is 294 g/mol. The molecule has 2 aromatic rings. The zero-order valence-corrected chi connectivity index (χ0v) is 14.0. The lowest BCUT2D eigenvalue weighted by molar-refractivity contribution is -0.142. The van der Waals surface area contributed by atoms with Crippen LogP contribution in [0, 0.1) is 0 Å². The molecule has 0 amide bonds. The van der Waals surface area contributed by atoms with Crippen molar-refractivity contribution in [3.8, 4) is 5.75 Å². The van der Waals surface area contributed by atoms with E-state index >= 15 is 0 Å². The van der Waals surface area contributed by atoms with E-state index in [9.17, 15) is 4.79 Å². The molecule has 0 bridgehead atoms. The van der Waals surface area contributed by atoms with Crippen molar-refractivity contribution >= 4 is 5.97 Å². The zero-order chi connectivity index (χ0) is 16.9. The highest BCUT2D eigenvalue weighted by molar-refractivity contribution is 5.71. The van der Waals surface area contributed by atoms with Crippen LogP contribution in [-0.2, 0) is 28.0 Å². The monoisotopic (exact) mass is 317 g/mol. The van der Waals surface area contributed by atoms with Crippen molar-refractivity contribution in [3.05, 3.63) is 41.5 Å². The van der Waals surface area contributed by atoms with Crippen LogP contribution in [-0.4, -0.2) is 27.8 Å². The Bertz CT molecular complexity index is 642. The molecule has 0 unspecified atom stereocenters. The van der Waals surface area contributed by atoms with E-state index in [4.69, 9.17) is 9.47 Å². The van der Waals surface area contributed by atoms with Gasteiger partial charge in [0.15, 0.2) is 11.6 Å². The number of benzene rings is 1. The Balaban J connectivity index is 1.89. The largest absolute Gasteiger partial charge is 0.486 e. The number of nitrogens with zero attached hydrogens (tertiary/aromatic N) is 2. The minimum atomic E-state index is -0.336. The predicted molar refractivity (Wildman–Crippen MR) is 86.2 cm³/mol. The highest BCUT2D eigenvalue weighted by atomic mass is 16.5. The highest BCUT2D eigenvalue weighted by Crippen LogP contribution is 2.24. The van der Waals surface area contributed by atoms with Gasteiger partial charge in [0.2, 0.25) is 0 Å². The van der Waals surface area contributed by atoms with Crippen molar-refractivity contribution in [2.24, 2.45) is 0 Å². The molecule has 2 rings (SSSR count). The van der Waals surface area contributed by atoms with Gasteiger partial charge in [0, 0.05) is 0 Å². The Labute approximate surface area is 136 Å². The molecule has 6 nitrogen and oxygen atoms in total. The Morgan fingerprint density at radius 1 is 1.22 bits per heavy atom. The third kappa shape index (κ3) is 5.09. The van der Waals surface area contributed by atoms with Crippen LogP contribution >= 0.6 is 0 Å². The van der Waals surface area contributed by atoms with Crippen molar-refractivity contribution in [3.63, 3.8) is 0 Å². The van der Waals surface area contributed by atoms with Gasteiger partial charge in [-0.3, -0.25) is 9.89 Å². The lowest BCUT2D eigenvalue weighted by Crippen LogP contribution is -2.10. The first-order chi connectivity index (χ1) is 10.9. The molecule has 0 saturated heterocycles. The number of carbonyl (C=O) groups excluding carboxylic acids is 1. The summed E-state index contributed by atoms with van der Waals surface area (Å²) in [7, 11) is 0. The molecule has 124 valence electrons. The van der Waals surface area contributed by atoms with E-state index in [1.165, 1.54) is 5.56 Å². The SMILES string of the molecule is CCOC(=O)Cc1n[nH]c(COc2ccc(C(C)(C)C)cc2)n1. The molecule has 0 aliphatic heterocycles. The number of rotatable bonds is 6. The summed E-state index contributed by atoms with van der Waals surface area (Å²) in [4.78, 5) is 15.6. The Morgan fingerprint density at radius 3 is 2.52 bits per heavy atom. The van der Waals surface area contributed by atoms with E-state index in [1.807, 2.05) is 12.1 Å². The molecular formula is C17H23N3O3. The molecule has 0 radical (unpaired) electrons. The van der Waals surface area contributed by atoms with E-state index in [-0.39, 0.29) is 24.4 Å². The van der Waals surface area contributed by atoms with Gasteiger partial charge in [-0.15, -0.1) is 0 Å². The smallest absolute Gasteiger partial charge is 0.313 e. The van der Waals surface area contributed by atoms with Crippen molar-refractivity contribution in [1.29, 1.82) is 0 Å². The number of hydrogen-bond donors (Lipinski definition) is 1. The fourth-order valence-corrected chi connectivity index (χ4v) is 2.02. The summed E-state index contributed by atoms with van der Waals surface area (Å²) in [5, 5.41) is 6.75. The van der Waals surface area contributed by atoms with Crippen molar-refractivity contribution < 1.29 is 14.3 Å². The van der Waals surface area contributed by atoms with Crippen LogP contribution in [0.4, 0.5) is 0 Å². The predicted octanol–water partition coefficient (Wildman–Crippen LogP) is 2.79. The number of esters is 1. The summed E-state index contributed by atoms with van der Waals surface area (Å²) in [6.07, 6.45) is 0.0601. The number of nitrogens with one attached hydrogen (secondary N) is 1. The van der Waals surface area contributed by atoms with Gasteiger partial charge in [-0.2, -0.15) is 5.10 Å². The van der Waals surface area contributed by atoms with Gasteiger partial charge in [-0.05, 0) is 30.0 Å². The first-order valence-electron chi connectivity index (χ1n) is 7.67. The summed E-state index contributed by atoms with van der Waals surface area (Å²) in [5.74, 6) is 1.41. The van der Waals surface area contributed by atoms with E-state index in [2.05, 4.69) is 48.1 Å². The first-order valence-corrected chi connectivity index (χ1v) is 7.67. The van der Waals surface area contributed by atoms with Crippen molar-refractivity contribution in [1.82, 2.24) is 15.2 Å². The topological polar surface area (TPSA) is 77.1 Å². The molecule has 1 heterocycles. The second-order valence-electron chi connectivity index (χ2n) is 6.24. The summed E-state index contributed by atoms with van der Waals surface area (Å²) >= 11 is 0. The van der Waals surface area contributed by atoms with Gasteiger partial charge in [-0.25, -0.2) is 4.98 Å². The van der Waals surface area contributed by atoms with Gasteiger partial charge >= 0.3 is 5.97 Å². The van der Waals surface area contributed by atoms with Crippen LogP contribution in [0.3, 0.4) is 0 Å². The third-order valence-corrected chi connectivity index (χ3v) is 3.28. The normalized spacial score (nSPS) is 11.3. The van der Waals surface area contributed by atoms with Gasteiger partial charge in [0.1, 0.15) is 18.8 Å². The quantitative estimate of drug-likeness (QED) is 0.829. The average molecular weight is 317 g/mol. The number of hydrogen-bond acceptors (Lipinski definition) is 5.